The van der Waals surface area contributed by atoms with E-state index in [4.69, 9.17) is 0 Å². The normalized spacial score (nSPS) is 16.9. The number of Topliss-reactive ketones (excluding diaryl/α,β-unsaturated/α-hetero) is 1. The van der Waals surface area contributed by atoms with E-state index in [0.29, 0.717) is 18.6 Å². The van der Waals surface area contributed by atoms with Gasteiger partial charge in [-0.05, 0) is 43.9 Å². The third kappa shape index (κ3) is 6.08. The van der Waals surface area contributed by atoms with Gasteiger partial charge in [-0.25, -0.2) is 13.8 Å². The fraction of sp³-hybridized carbons (Fsp3) is 0.652. The van der Waals surface area contributed by atoms with Crippen molar-refractivity contribution in [2.45, 2.75) is 91.7 Å². The number of aromatic nitrogens is 2. The Hall–Kier alpha value is -1.82. The molecule has 1 aliphatic carbocycles. The highest BCUT2D eigenvalue weighted by molar-refractivity contribution is 5.78. The van der Waals surface area contributed by atoms with E-state index in [-0.39, 0.29) is 24.3 Å². The summed E-state index contributed by atoms with van der Waals surface area (Å²) in [6.07, 6.45) is 1.12. The first-order valence-corrected chi connectivity index (χ1v) is 10.2. The van der Waals surface area contributed by atoms with Crippen molar-refractivity contribution in [1.82, 2.24) is 9.55 Å². The smallest absolute Gasteiger partial charge is 0.252 e. The molecule has 29 heavy (non-hydrogen) atoms. The van der Waals surface area contributed by atoms with Gasteiger partial charge in [-0.15, -0.1) is 0 Å². The molecule has 162 valence electrons. The standard InChI is InChI=1S/C15H18F2N2O.C8H16O/c1-9-18-12-5-4-10(14(2,3)20)6-13(12)19(9)11-7-15(16,17)8-11;1-5-7(9)6-8(2,3)4/h4-6,11,20H,7-8H2,1-3H3;5-6H2,1-4H3. The molecule has 1 fully saturated rings. The summed E-state index contributed by atoms with van der Waals surface area (Å²) < 4.78 is 28.1. The summed E-state index contributed by atoms with van der Waals surface area (Å²) in [6.45, 7) is 13.4. The number of hydrogen-bond acceptors (Lipinski definition) is 3. The quantitative estimate of drug-likeness (QED) is 0.681. The van der Waals surface area contributed by atoms with Crippen LogP contribution in [0.25, 0.3) is 11.0 Å². The van der Waals surface area contributed by atoms with E-state index in [2.05, 4.69) is 25.8 Å². The van der Waals surface area contributed by atoms with Crippen molar-refractivity contribution in [3.05, 3.63) is 29.6 Å². The first-order valence-electron chi connectivity index (χ1n) is 10.2. The molecule has 1 saturated carbocycles. The maximum Gasteiger partial charge on any atom is 0.252 e. The molecule has 4 nitrogen and oxygen atoms in total. The molecule has 1 heterocycles. The summed E-state index contributed by atoms with van der Waals surface area (Å²) in [5.41, 5.74) is 1.58. The minimum atomic E-state index is -2.55. The molecule has 1 N–H and O–H groups in total. The third-order valence-corrected chi connectivity index (χ3v) is 5.13. The molecule has 0 bridgehead atoms. The van der Waals surface area contributed by atoms with Gasteiger partial charge in [-0.2, -0.15) is 0 Å². The Morgan fingerprint density at radius 1 is 1.24 bits per heavy atom. The van der Waals surface area contributed by atoms with Crippen LogP contribution in [0, 0.1) is 12.3 Å². The van der Waals surface area contributed by atoms with Gasteiger partial charge >= 0.3 is 0 Å². The maximum atomic E-state index is 13.1. The fourth-order valence-corrected chi connectivity index (χ4v) is 3.58. The summed E-state index contributed by atoms with van der Waals surface area (Å²) in [5, 5.41) is 10.1. The topological polar surface area (TPSA) is 55.1 Å². The number of carbonyl (C=O) groups excluding carboxylic acids is 1. The number of ketones is 1. The SMILES string of the molecule is CCC(=O)CC(C)(C)C.Cc1nc2ccc(C(C)(C)O)cc2n1C1CC(F)(F)C1. The Balaban J connectivity index is 0.000000284. The Kier molecular flexibility index (Phi) is 6.58. The van der Waals surface area contributed by atoms with Crippen LogP contribution in [0.4, 0.5) is 8.78 Å². The van der Waals surface area contributed by atoms with Crippen LogP contribution in [-0.2, 0) is 10.4 Å². The van der Waals surface area contributed by atoms with Crippen molar-refractivity contribution in [1.29, 1.82) is 0 Å². The number of alkyl halides is 2. The molecule has 1 aromatic heterocycles. The molecule has 6 heteroatoms. The highest BCUT2D eigenvalue weighted by atomic mass is 19.3. The molecular formula is C23H34F2N2O2. The summed E-state index contributed by atoms with van der Waals surface area (Å²) in [4.78, 5) is 15.3. The molecule has 0 unspecified atom stereocenters. The van der Waals surface area contributed by atoms with Crippen LogP contribution in [-0.4, -0.2) is 26.4 Å². The zero-order valence-electron chi connectivity index (χ0n) is 18.6. The van der Waals surface area contributed by atoms with Gasteiger partial charge in [0.15, 0.2) is 0 Å². The maximum absolute atomic E-state index is 13.1. The number of imidazole rings is 1. The van der Waals surface area contributed by atoms with Crippen LogP contribution in [0.3, 0.4) is 0 Å². The average Bonchev–Trinajstić information content (AvgIpc) is 2.85. The van der Waals surface area contributed by atoms with E-state index in [1.54, 1.807) is 13.8 Å². The van der Waals surface area contributed by atoms with Crippen LogP contribution in [0.2, 0.25) is 0 Å². The van der Waals surface area contributed by atoms with Gasteiger partial charge in [0.05, 0.1) is 16.6 Å². The lowest BCUT2D eigenvalue weighted by Crippen LogP contribution is -2.37. The van der Waals surface area contributed by atoms with E-state index in [1.807, 2.05) is 36.6 Å². The molecule has 2 aromatic rings. The largest absolute Gasteiger partial charge is 0.386 e. The van der Waals surface area contributed by atoms with Gasteiger partial charge in [0, 0.05) is 31.7 Å². The Bertz CT molecular complexity index is 865. The number of benzene rings is 1. The van der Waals surface area contributed by atoms with Crippen LogP contribution in [0.15, 0.2) is 18.2 Å². The lowest BCUT2D eigenvalue weighted by Gasteiger charge is -2.36. The van der Waals surface area contributed by atoms with Crippen LogP contribution >= 0.6 is 0 Å². The lowest BCUT2D eigenvalue weighted by atomic mass is 9.87. The molecule has 0 saturated heterocycles. The average molecular weight is 409 g/mol. The first-order chi connectivity index (χ1) is 13.1. The van der Waals surface area contributed by atoms with Crippen molar-refractivity contribution in [3.63, 3.8) is 0 Å². The number of rotatable bonds is 4. The van der Waals surface area contributed by atoms with E-state index in [0.717, 1.165) is 22.4 Å². The van der Waals surface area contributed by atoms with Gasteiger partial charge in [0.1, 0.15) is 11.6 Å². The fourth-order valence-electron chi connectivity index (χ4n) is 3.58. The van der Waals surface area contributed by atoms with Gasteiger partial charge < -0.3 is 9.67 Å². The highest BCUT2D eigenvalue weighted by Gasteiger charge is 2.47. The second kappa shape index (κ2) is 8.13. The molecule has 0 spiro atoms. The predicted molar refractivity (Wildman–Crippen MR) is 112 cm³/mol. The number of hydrogen-bond donors (Lipinski definition) is 1. The summed E-state index contributed by atoms with van der Waals surface area (Å²) in [7, 11) is 0. The summed E-state index contributed by atoms with van der Waals surface area (Å²) >= 11 is 0. The summed E-state index contributed by atoms with van der Waals surface area (Å²) in [5.74, 6) is -1.45. The minimum absolute atomic E-state index is 0.133. The molecule has 1 aromatic carbocycles. The van der Waals surface area contributed by atoms with Crippen molar-refractivity contribution < 1.29 is 18.7 Å². The van der Waals surface area contributed by atoms with E-state index >= 15 is 0 Å². The second-order valence-electron chi connectivity index (χ2n) is 9.84. The van der Waals surface area contributed by atoms with Crippen molar-refractivity contribution >= 4 is 16.8 Å². The van der Waals surface area contributed by atoms with Gasteiger partial charge in [-0.1, -0.05) is 33.8 Å². The second-order valence-corrected chi connectivity index (χ2v) is 9.84. The zero-order chi connectivity index (χ0) is 22.2. The number of halogens is 2. The van der Waals surface area contributed by atoms with Crippen LogP contribution < -0.4 is 0 Å². The number of aryl methyl sites for hydroxylation is 1. The first kappa shape index (κ1) is 23.5. The van der Waals surface area contributed by atoms with Crippen LogP contribution in [0.5, 0.6) is 0 Å². The number of nitrogens with zero attached hydrogens (tertiary/aromatic N) is 2. The molecule has 3 rings (SSSR count). The van der Waals surface area contributed by atoms with E-state index < -0.39 is 11.5 Å². The van der Waals surface area contributed by atoms with Gasteiger partial charge in [0.25, 0.3) is 5.92 Å². The molecule has 0 atom stereocenters. The zero-order valence-corrected chi connectivity index (χ0v) is 18.6. The Morgan fingerprint density at radius 2 is 1.83 bits per heavy atom. The molecule has 1 aliphatic rings. The van der Waals surface area contributed by atoms with Gasteiger partial charge in [-0.3, -0.25) is 4.79 Å². The van der Waals surface area contributed by atoms with Crippen molar-refractivity contribution in [2.24, 2.45) is 5.41 Å². The Labute approximate surface area is 172 Å². The van der Waals surface area contributed by atoms with Gasteiger partial charge in [0.2, 0.25) is 0 Å². The molecular weight excluding hydrogens is 374 g/mol. The molecule has 0 amide bonds. The summed E-state index contributed by atoms with van der Waals surface area (Å²) in [6, 6.07) is 5.32. The van der Waals surface area contributed by atoms with Crippen LogP contribution in [0.1, 0.15) is 84.7 Å². The highest BCUT2D eigenvalue weighted by Crippen LogP contribution is 2.47. The van der Waals surface area contributed by atoms with Crippen molar-refractivity contribution in [2.75, 3.05) is 0 Å². The Morgan fingerprint density at radius 3 is 2.24 bits per heavy atom. The predicted octanol–water partition coefficient (Wildman–Crippen LogP) is 5.94. The monoisotopic (exact) mass is 408 g/mol. The molecule has 0 aliphatic heterocycles. The van der Waals surface area contributed by atoms with E-state index in [1.165, 1.54) is 0 Å². The lowest BCUT2D eigenvalue weighted by molar-refractivity contribution is -0.120. The number of aliphatic hydroxyl groups is 1. The number of fused-ring (bicyclic) bond motifs is 1. The molecule has 0 radical (unpaired) electrons. The third-order valence-electron chi connectivity index (χ3n) is 5.13. The van der Waals surface area contributed by atoms with Crippen molar-refractivity contribution in [3.8, 4) is 0 Å². The van der Waals surface area contributed by atoms with E-state index in [9.17, 15) is 18.7 Å². The number of carbonyl (C=O) groups is 1. The minimum Gasteiger partial charge on any atom is -0.386 e.